The summed E-state index contributed by atoms with van der Waals surface area (Å²) in [6, 6.07) is 7.46. The van der Waals surface area contributed by atoms with Gasteiger partial charge in [-0.25, -0.2) is 14.4 Å². The van der Waals surface area contributed by atoms with Gasteiger partial charge in [0.05, 0.1) is 47.7 Å². The number of carbonyl (C=O) groups is 1. The van der Waals surface area contributed by atoms with Crippen molar-refractivity contribution in [3.63, 3.8) is 0 Å². The fourth-order valence-electron chi connectivity index (χ4n) is 4.98. The van der Waals surface area contributed by atoms with Crippen molar-refractivity contribution in [1.29, 1.82) is 5.26 Å². The molecule has 10 heteroatoms. The standard InChI is InChI=1S/C25H23ClFN7O/c1-16(27)25(35)34-10-9-33(13-18(34)5-7-28)24-19-6-8-32(14-21(19)30-15-31-24)22-12-29-11-17-3-2-4-20(26)23(17)22/h2-4,11-12,15,18H,1,5-6,8-10,13-14H2/t18-/m0/s1. The van der Waals surface area contributed by atoms with E-state index < -0.39 is 17.8 Å². The maximum Gasteiger partial charge on any atom is 0.282 e. The van der Waals surface area contributed by atoms with Gasteiger partial charge >= 0.3 is 0 Å². The molecule has 1 fully saturated rings. The van der Waals surface area contributed by atoms with Crippen LogP contribution in [0.15, 0.2) is 49.3 Å². The molecular formula is C25H23ClFN7O. The summed E-state index contributed by atoms with van der Waals surface area (Å²) in [7, 11) is 0. The molecule has 0 unspecified atom stereocenters. The van der Waals surface area contributed by atoms with Crippen molar-refractivity contribution >= 4 is 39.8 Å². The largest absolute Gasteiger partial charge is 0.363 e. The highest BCUT2D eigenvalue weighted by molar-refractivity contribution is 6.36. The van der Waals surface area contributed by atoms with Crippen molar-refractivity contribution in [3.05, 3.63) is 65.6 Å². The van der Waals surface area contributed by atoms with Crippen LogP contribution in [0.5, 0.6) is 0 Å². The van der Waals surface area contributed by atoms with Crippen LogP contribution in [0.2, 0.25) is 5.02 Å². The lowest BCUT2D eigenvalue weighted by Gasteiger charge is -2.42. The van der Waals surface area contributed by atoms with E-state index >= 15 is 0 Å². The van der Waals surface area contributed by atoms with Crippen LogP contribution in [0.4, 0.5) is 15.9 Å². The number of carbonyl (C=O) groups excluding carboxylic acids is 1. The number of benzene rings is 1. The molecule has 0 saturated carbocycles. The van der Waals surface area contributed by atoms with Crippen LogP contribution in [0.1, 0.15) is 17.7 Å². The smallest absolute Gasteiger partial charge is 0.282 e. The third-order valence-corrected chi connectivity index (χ3v) is 6.95. The second-order valence-electron chi connectivity index (χ2n) is 8.66. The molecule has 4 heterocycles. The van der Waals surface area contributed by atoms with Crippen LogP contribution in [0.3, 0.4) is 0 Å². The van der Waals surface area contributed by atoms with Crippen molar-refractivity contribution in [3.8, 4) is 6.07 Å². The lowest BCUT2D eigenvalue weighted by molar-refractivity contribution is -0.131. The number of anilines is 2. The van der Waals surface area contributed by atoms with Gasteiger partial charge < -0.3 is 14.7 Å². The van der Waals surface area contributed by atoms with Crippen LogP contribution in [0.25, 0.3) is 10.8 Å². The number of aromatic nitrogens is 3. The van der Waals surface area contributed by atoms with Gasteiger partial charge in [0.15, 0.2) is 5.83 Å². The molecule has 0 spiro atoms. The Morgan fingerprint density at radius 3 is 2.89 bits per heavy atom. The monoisotopic (exact) mass is 491 g/mol. The van der Waals surface area contributed by atoms with Gasteiger partial charge in [0.1, 0.15) is 12.1 Å². The minimum Gasteiger partial charge on any atom is -0.363 e. The van der Waals surface area contributed by atoms with E-state index in [1.807, 2.05) is 30.6 Å². The van der Waals surface area contributed by atoms with Crippen LogP contribution >= 0.6 is 11.6 Å². The van der Waals surface area contributed by atoms with Crippen LogP contribution < -0.4 is 9.80 Å². The highest BCUT2D eigenvalue weighted by Crippen LogP contribution is 2.35. The molecule has 2 aliphatic rings. The van der Waals surface area contributed by atoms with E-state index in [0.717, 1.165) is 46.5 Å². The van der Waals surface area contributed by atoms with E-state index in [9.17, 15) is 14.4 Å². The molecule has 3 aromatic rings. The number of nitriles is 1. The molecule has 1 amide bonds. The van der Waals surface area contributed by atoms with Crippen LogP contribution in [-0.2, 0) is 17.8 Å². The molecule has 5 rings (SSSR count). The number of fused-ring (bicyclic) bond motifs is 2. The molecule has 0 radical (unpaired) electrons. The van der Waals surface area contributed by atoms with Crippen molar-refractivity contribution in [2.45, 2.75) is 25.4 Å². The van der Waals surface area contributed by atoms with E-state index in [-0.39, 0.29) is 6.42 Å². The number of nitrogens with zero attached hydrogens (tertiary/aromatic N) is 7. The van der Waals surface area contributed by atoms with E-state index in [1.165, 1.54) is 4.90 Å². The molecule has 1 saturated heterocycles. The SMILES string of the molecule is C=C(F)C(=O)N1CCN(c2ncnc3c2CCN(c2cncc4cccc(Cl)c24)C3)C[C@@H]1CC#N. The first-order valence-electron chi connectivity index (χ1n) is 11.3. The molecule has 2 aromatic heterocycles. The van der Waals surface area contributed by atoms with Gasteiger partial charge in [-0.3, -0.25) is 9.78 Å². The Morgan fingerprint density at radius 1 is 1.23 bits per heavy atom. The topological polar surface area (TPSA) is 89.2 Å². The van der Waals surface area contributed by atoms with Gasteiger partial charge in [-0.05, 0) is 12.5 Å². The van der Waals surface area contributed by atoms with Gasteiger partial charge in [-0.2, -0.15) is 5.26 Å². The molecule has 178 valence electrons. The van der Waals surface area contributed by atoms with Gasteiger partial charge in [-0.1, -0.05) is 30.3 Å². The number of pyridine rings is 1. The molecule has 0 aliphatic carbocycles. The molecule has 0 bridgehead atoms. The maximum atomic E-state index is 13.5. The summed E-state index contributed by atoms with van der Waals surface area (Å²) in [6.45, 7) is 5.61. The molecule has 2 aliphatic heterocycles. The maximum absolute atomic E-state index is 13.5. The quantitative estimate of drug-likeness (QED) is 0.514. The van der Waals surface area contributed by atoms with Gasteiger partial charge in [0.2, 0.25) is 0 Å². The average Bonchev–Trinajstić information content (AvgIpc) is 2.87. The van der Waals surface area contributed by atoms with E-state index in [0.29, 0.717) is 31.2 Å². The molecular weight excluding hydrogens is 469 g/mol. The zero-order chi connectivity index (χ0) is 24.5. The lowest BCUT2D eigenvalue weighted by atomic mass is 10.0. The van der Waals surface area contributed by atoms with Gasteiger partial charge in [0.25, 0.3) is 5.91 Å². The summed E-state index contributed by atoms with van der Waals surface area (Å²) < 4.78 is 13.5. The Balaban J connectivity index is 1.42. The Morgan fingerprint density at radius 2 is 2.09 bits per heavy atom. The van der Waals surface area contributed by atoms with E-state index in [1.54, 1.807) is 6.33 Å². The number of hydrogen-bond acceptors (Lipinski definition) is 7. The number of amides is 1. The number of halogens is 2. The second-order valence-corrected chi connectivity index (χ2v) is 9.06. The first-order chi connectivity index (χ1) is 17.0. The van der Waals surface area contributed by atoms with E-state index in [4.69, 9.17) is 11.6 Å². The normalized spacial score (nSPS) is 17.7. The Bertz CT molecular complexity index is 1350. The summed E-state index contributed by atoms with van der Waals surface area (Å²) in [5, 5.41) is 11.9. The van der Waals surface area contributed by atoms with Crippen molar-refractivity contribution in [1.82, 2.24) is 19.9 Å². The van der Waals surface area contributed by atoms with E-state index in [2.05, 4.69) is 37.4 Å². The third kappa shape index (κ3) is 4.26. The number of piperazine rings is 1. The zero-order valence-corrected chi connectivity index (χ0v) is 19.7. The summed E-state index contributed by atoms with van der Waals surface area (Å²) in [4.78, 5) is 31.4. The predicted molar refractivity (Wildman–Crippen MR) is 132 cm³/mol. The number of rotatable bonds is 4. The Hall–Kier alpha value is -3.77. The fourth-order valence-corrected chi connectivity index (χ4v) is 5.26. The minimum atomic E-state index is -1.01. The first kappa shape index (κ1) is 23.0. The molecule has 35 heavy (non-hydrogen) atoms. The lowest BCUT2D eigenvalue weighted by Crippen LogP contribution is -2.55. The van der Waals surface area contributed by atoms with Gasteiger partial charge in [-0.15, -0.1) is 0 Å². The second kappa shape index (κ2) is 9.47. The van der Waals surface area contributed by atoms with Crippen molar-refractivity contribution < 1.29 is 9.18 Å². The van der Waals surface area contributed by atoms with Crippen LogP contribution in [0, 0.1) is 11.3 Å². The zero-order valence-electron chi connectivity index (χ0n) is 19.0. The highest BCUT2D eigenvalue weighted by Gasteiger charge is 2.34. The molecule has 1 aromatic carbocycles. The van der Waals surface area contributed by atoms with Crippen molar-refractivity contribution in [2.75, 3.05) is 36.0 Å². The summed E-state index contributed by atoms with van der Waals surface area (Å²) in [6.07, 6.45) is 6.01. The van der Waals surface area contributed by atoms with Crippen molar-refractivity contribution in [2.24, 2.45) is 0 Å². The first-order valence-corrected chi connectivity index (χ1v) is 11.7. The number of hydrogen-bond donors (Lipinski definition) is 0. The molecule has 0 N–H and O–H groups in total. The predicted octanol–water partition coefficient (Wildman–Crippen LogP) is 3.65. The fraction of sp³-hybridized carbons (Fsp3) is 0.320. The minimum absolute atomic E-state index is 0.103. The summed E-state index contributed by atoms with van der Waals surface area (Å²) in [5.74, 6) is -0.964. The third-order valence-electron chi connectivity index (χ3n) is 6.64. The molecule has 8 nitrogen and oxygen atoms in total. The Labute approximate surface area is 207 Å². The summed E-state index contributed by atoms with van der Waals surface area (Å²) in [5.41, 5.74) is 2.93. The average molecular weight is 492 g/mol. The van der Waals surface area contributed by atoms with Crippen LogP contribution in [-0.4, -0.2) is 58.0 Å². The Kier molecular flexibility index (Phi) is 6.22. The highest BCUT2D eigenvalue weighted by atomic mass is 35.5. The summed E-state index contributed by atoms with van der Waals surface area (Å²) >= 11 is 6.53. The molecule has 1 atom stereocenters. The van der Waals surface area contributed by atoms with Gasteiger partial charge in [0, 0.05) is 48.7 Å².